The molecule has 1 unspecified atom stereocenters. The Kier molecular flexibility index (Phi) is 6.21. The first-order chi connectivity index (χ1) is 13.0. The predicted octanol–water partition coefficient (Wildman–Crippen LogP) is 3.32. The molecule has 7 heteroatoms. The molecule has 0 bridgehead atoms. The van der Waals surface area contributed by atoms with Crippen LogP contribution >= 0.6 is 15.9 Å². The van der Waals surface area contributed by atoms with Gasteiger partial charge >= 0.3 is 0 Å². The first-order valence-corrected chi connectivity index (χ1v) is 9.80. The molecule has 6 nitrogen and oxygen atoms in total. The van der Waals surface area contributed by atoms with E-state index in [1.165, 1.54) is 0 Å². The van der Waals surface area contributed by atoms with E-state index in [1.807, 2.05) is 43.3 Å². The number of pyridine rings is 1. The zero-order valence-corrected chi connectivity index (χ0v) is 17.5. The van der Waals surface area contributed by atoms with Crippen molar-refractivity contribution in [3.05, 3.63) is 46.6 Å². The second-order valence-corrected chi connectivity index (χ2v) is 7.77. The molecule has 0 spiro atoms. The van der Waals surface area contributed by atoms with Gasteiger partial charge in [-0.15, -0.1) is 0 Å². The molecule has 1 fully saturated rings. The van der Waals surface area contributed by atoms with E-state index >= 15 is 0 Å². The van der Waals surface area contributed by atoms with E-state index in [9.17, 15) is 4.79 Å². The minimum absolute atomic E-state index is 0.0742. The first-order valence-electron chi connectivity index (χ1n) is 9.01. The lowest BCUT2D eigenvalue weighted by Gasteiger charge is -2.35. The number of para-hydroxylation sites is 2. The van der Waals surface area contributed by atoms with Crippen LogP contribution in [0.1, 0.15) is 23.2 Å². The predicted molar refractivity (Wildman–Crippen MR) is 112 cm³/mol. The lowest BCUT2D eigenvalue weighted by Crippen LogP contribution is -2.48. The van der Waals surface area contributed by atoms with Gasteiger partial charge in [0.1, 0.15) is 11.6 Å². The number of ether oxygens (including phenoxy) is 1. The highest BCUT2D eigenvalue weighted by atomic mass is 79.9. The number of benzene rings is 1. The number of anilines is 2. The van der Waals surface area contributed by atoms with Crippen molar-refractivity contribution in [1.82, 2.24) is 10.3 Å². The summed E-state index contributed by atoms with van der Waals surface area (Å²) in [6.07, 6.45) is 3.67. The van der Waals surface area contributed by atoms with E-state index in [1.54, 1.807) is 13.3 Å². The molecule has 1 aliphatic rings. The molecule has 0 radical (unpaired) electrons. The maximum Gasteiger partial charge on any atom is 0.255 e. The Morgan fingerprint density at radius 3 is 2.89 bits per heavy atom. The summed E-state index contributed by atoms with van der Waals surface area (Å²) in [5.74, 6) is 1.42. The van der Waals surface area contributed by atoms with Crippen molar-refractivity contribution in [1.29, 1.82) is 0 Å². The Labute approximate surface area is 168 Å². The highest BCUT2D eigenvalue weighted by Gasteiger charge is 2.25. The summed E-state index contributed by atoms with van der Waals surface area (Å²) in [5, 5.41) is 3.19. The molecule has 0 aliphatic carbocycles. The number of hydrogen-bond acceptors (Lipinski definition) is 5. The van der Waals surface area contributed by atoms with Gasteiger partial charge in [-0.05, 0) is 47.0 Å². The van der Waals surface area contributed by atoms with Crippen LogP contribution in [0.3, 0.4) is 0 Å². The molecule has 0 saturated carbocycles. The van der Waals surface area contributed by atoms with E-state index in [-0.39, 0.29) is 11.9 Å². The molecule has 1 aromatic carbocycles. The highest BCUT2D eigenvalue weighted by molar-refractivity contribution is 9.10. The second kappa shape index (κ2) is 8.61. The molecule has 1 aliphatic heterocycles. The number of hydrogen-bond donors (Lipinski definition) is 1. The topological polar surface area (TPSA) is 57.7 Å². The molecule has 1 N–H and O–H groups in total. The third kappa shape index (κ3) is 4.53. The van der Waals surface area contributed by atoms with E-state index in [4.69, 9.17) is 4.74 Å². The van der Waals surface area contributed by atoms with Crippen molar-refractivity contribution >= 4 is 33.3 Å². The van der Waals surface area contributed by atoms with Crippen molar-refractivity contribution in [3.63, 3.8) is 0 Å². The van der Waals surface area contributed by atoms with Gasteiger partial charge < -0.3 is 19.9 Å². The molecular weight excluding hydrogens is 408 g/mol. The normalized spacial score (nSPS) is 16.7. The number of carbonyl (C=O) groups is 1. The van der Waals surface area contributed by atoms with E-state index in [0.717, 1.165) is 41.8 Å². The number of halogens is 1. The molecule has 1 amide bonds. The monoisotopic (exact) mass is 432 g/mol. The number of rotatable bonds is 5. The van der Waals surface area contributed by atoms with Gasteiger partial charge in [0.15, 0.2) is 0 Å². The Bertz CT molecular complexity index is 812. The number of amides is 1. The maximum absolute atomic E-state index is 12.9. The fourth-order valence-electron chi connectivity index (χ4n) is 3.42. The van der Waals surface area contributed by atoms with Crippen LogP contribution in [0.25, 0.3) is 0 Å². The minimum atomic E-state index is -0.0978. The Morgan fingerprint density at radius 1 is 1.37 bits per heavy atom. The van der Waals surface area contributed by atoms with Gasteiger partial charge in [-0.1, -0.05) is 12.1 Å². The number of methoxy groups -OCH3 is 1. The van der Waals surface area contributed by atoms with E-state index in [2.05, 4.69) is 37.2 Å². The molecule has 1 saturated heterocycles. The summed E-state index contributed by atoms with van der Waals surface area (Å²) >= 11 is 3.41. The Hall–Kier alpha value is -2.28. The fraction of sp³-hybridized carbons (Fsp3) is 0.400. The minimum Gasteiger partial charge on any atom is -0.495 e. The van der Waals surface area contributed by atoms with Gasteiger partial charge in [-0.3, -0.25) is 4.79 Å². The van der Waals surface area contributed by atoms with Gasteiger partial charge in [0.2, 0.25) is 0 Å². The number of carbonyl (C=O) groups excluding carboxylic acids is 1. The third-order valence-corrected chi connectivity index (χ3v) is 5.12. The van der Waals surface area contributed by atoms with Crippen molar-refractivity contribution in [2.75, 3.05) is 44.1 Å². The fourth-order valence-corrected chi connectivity index (χ4v) is 3.75. The summed E-state index contributed by atoms with van der Waals surface area (Å²) in [6.45, 7) is 1.71. The van der Waals surface area contributed by atoms with Crippen LogP contribution in [0, 0.1) is 0 Å². The van der Waals surface area contributed by atoms with Crippen LogP contribution in [0.15, 0.2) is 41.0 Å². The van der Waals surface area contributed by atoms with Crippen molar-refractivity contribution in [2.45, 2.75) is 18.9 Å². The van der Waals surface area contributed by atoms with E-state index < -0.39 is 0 Å². The van der Waals surface area contributed by atoms with E-state index in [0.29, 0.717) is 11.4 Å². The van der Waals surface area contributed by atoms with Crippen molar-refractivity contribution in [2.24, 2.45) is 0 Å². The molecule has 3 rings (SSSR count). The number of aromatic nitrogens is 1. The average molecular weight is 433 g/mol. The zero-order chi connectivity index (χ0) is 19.4. The SMILES string of the molecule is COc1ccccc1N1CCCC(NC(=O)c2cc(Br)cnc2N(C)C)C1. The lowest BCUT2D eigenvalue weighted by molar-refractivity contribution is 0.0933. The second-order valence-electron chi connectivity index (χ2n) is 6.85. The molecule has 1 atom stereocenters. The largest absolute Gasteiger partial charge is 0.495 e. The van der Waals surface area contributed by atoms with Crippen LogP contribution < -0.4 is 19.9 Å². The molecule has 27 heavy (non-hydrogen) atoms. The number of nitrogens with one attached hydrogen (secondary N) is 1. The Balaban J connectivity index is 1.75. The molecule has 1 aromatic heterocycles. The van der Waals surface area contributed by atoms with Gasteiger partial charge in [-0.2, -0.15) is 0 Å². The summed E-state index contributed by atoms with van der Waals surface area (Å²) < 4.78 is 6.28. The maximum atomic E-state index is 12.9. The quantitative estimate of drug-likeness (QED) is 0.784. The van der Waals surface area contributed by atoms with Crippen molar-refractivity contribution < 1.29 is 9.53 Å². The lowest BCUT2D eigenvalue weighted by atomic mass is 10.0. The molecule has 2 heterocycles. The van der Waals surface area contributed by atoms with Gasteiger partial charge in [0.05, 0.1) is 18.4 Å². The van der Waals surface area contributed by atoms with Crippen LogP contribution in [-0.2, 0) is 0 Å². The standard InChI is InChI=1S/C20H25BrN4O2/c1-24(2)19-16(11-14(21)12-22-19)20(26)23-15-7-6-10-25(13-15)17-8-4-5-9-18(17)27-3/h4-5,8-9,11-12,15H,6-7,10,13H2,1-3H3,(H,23,26). The first kappa shape index (κ1) is 19.5. The zero-order valence-electron chi connectivity index (χ0n) is 15.9. The summed E-state index contributed by atoms with van der Waals surface area (Å²) in [5.41, 5.74) is 1.64. The highest BCUT2D eigenvalue weighted by Crippen LogP contribution is 2.30. The summed E-state index contributed by atoms with van der Waals surface area (Å²) in [4.78, 5) is 21.4. The van der Waals surface area contributed by atoms with Gasteiger partial charge in [0, 0.05) is 43.9 Å². The van der Waals surface area contributed by atoms with Gasteiger partial charge in [0.25, 0.3) is 5.91 Å². The van der Waals surface area contributed by atoms with Crippen LogP contribution in [-0.4, -0.2) is 51.2 Å². The summed E-state index contributed by atoms with van der Waals surface area (Å²) in [7, 11) is 5.46. The third-order valence-electron chi connectivity index (χ3n) is 4.68. The number of piperidine rings is 1. The van der Waals surface area contributed by atoms with Crippen LogP contribution in [0.2, 0.25) is 0 Å². The average Bonchev–Trinajstić information content (AvgIpc) is 2.67. The molecule has 2 aromatic rings. The summed E-state index contributed by atoms with van der Waals surface area (Å²) in [6, 6.07) is 9.90. The Morgan fingerprint density at radius 2 is 2.15 bits per heavy atom. The smallest absolute Gasteiger partial charge is 0.255 e. The number of nitrogens with zero attached hydrogens (tertiary/aromatic N) is 3. The molecule has 144 valence electrons. The van der Waals surface area contributed by atoms with Crippen LogP contribution in [0.5, 0.6) is 5.75 Å². The van der Waals surface area contributed by atoms with Crippen LogP contribution in [0.4, 0.5) is 11.5 Å². The van der Waals surface area contributed by atoms with Gasteiger partial charge in [-0.25, -0.2) is 4.98 Å². The molecular formula is C20H25BrN4O2. The van der Waals surface area contributed by atoms with Crippen molar-refractivity contribution in [3.8, 4) is 5.75 Å².